The molecule has 3 aromatic rings. The fraction of sp³-hybridized carbons (Fsp3) is 0.0667. The number of hydrogen-bond donors (Lipinski definition) is 1. The summed E-state index contributed by atoms with van der Waals surface area (Å²) in [4.78, 5) is 21.9. The molecular weight excluding hydrogens is 294 g/mol. The number of carboxylic acids is 1. The number of fused-ring (bicyclic) bond motifs is 1. The van der Waals surface area contributed by atoms with E-state index in [4.69, 9.17) is 21.1 Å². The Labute approximate surface area is 124 Å². The van der Waals surface area contributed by atoms with Crippen molar-refractivity contribution in [2.75, 3.05) is 0 Å². The lowest BCUT2D eigenvalue weighted by Crippen LogP contribution is -1.97. The minimum atomic E-state index is -1.11. The van der Waals surface area contributed by atoms with Gasteiger partial charge in [0.25, 0.3) is 0 Å². The molecule has 0 saturated carbocycles. The minimum absolute atomic E-state index is 0.111. The normalized spacial score (nSPS) is 10.9. The molecule has 0 atom stereocenters. The summed E-state index contributed by atoms with van der Waals surface area (Å²) in [6.07, 6.45) is 2.46. The van der Waals surface area contributed by atoms with Crippen molar-refractivity contribution in [2.24, 2.45) is 0 Å². The Morgan fingerprint density at radius 3 is 2.81 bits per heavy atom. The van der Waals surface area contributed by atoms with Crippen molar-refractivity contribution >= 4 is 34.8 Å². The van der Waals surface area contributed by atoms with Crippen molar-refractivity contribution in [1.82, 2.24) is 4.57 Å². The number of hydrogen-bond acceptors (Lipinski definition) is 3. The summed E-state index contributed by atoms with van der Waals surface area (Å²) in [6, 6.07) is 8.28. The van der Waals surface area contributed by atoms with Gasteiger partial charge in [-0.3, -0.25) is 4.79 Å². The van der Waals surface area contributed by atoms with E-state index in [0.29, 0.717) is 22.9 Å². The number of aldehydes is 1. The number of carbonyl (C=O) groups is 2. The molecule has 21 heavy (non-hydrogen) atoms. The summed E-state index contributed by atoms with van der Waals surface area (Å²) in [7, 11) is 0. The molecule has 0 aliphatic carbocycles. The Hall–Kier alpha value is -2.53. The lowest BCUT2D eigenvalue weighted by atomic mass is 10.2. The van der Waals surface area contributed by atoms with Crippen molar-refractivity contribution in [1.29, 1.82) is 0 Å². The van der Waals surface area contributed by atoms with Gasteiger partial charge in [0.15, 0.2) is 6.29 Å². The molecule has 2 aromatic heterocycles. The van der Waals surface area contributed by atoms with Crippen LogP contribution in [0.2, 0.25) is 5.02 Å². The molecule has 1 aromatic carbocycles. The van der Waals surface area contributed by atoms with Crippen LogP contribution >= 0.6 is 11.6 Å². The summed E-state index contributed by atoms with van der Waals surface area (Å²) in [6.45, 7) is 0.333. The van der Waals surface area contributed by atoms with Crippen molar-refractivity contribution in [2.45, 2.75) is 6.54 Å². The second kappa shape index (κ2) is 5.10. The Kier molecular flexibility index (Phi) is 3.27. The molecule has 0 unspecified atom stereocenters. The van der Waals surface area contributed by atoms with E-state index in [2.05, 4.69) is 0 Å². The van der Waals surface area contributed by atoms with Crippen LogP contribution in [0, 0.1) is 0 Å². The summed E-state index contributed by atoms with van der Waals surface area (Å²) >= 11 is 5.95. The van der Waals surface area contributed by atoms with Crippen LogP contribution in [0.4, 0.5) is 0 Å². The molecule has 0 aliphatic rings. The lowest BCUT2D eigenvalue weighted by molar-refractivity contribution is 0.0660. The molecule has 0 bridgehead atoms. The molecule has 3 rings (SSSR count). The van der Waals surface area contributed by atoms with Gasteiger partial charge in [0.2, 0.25) is 5.76 Å². The number of furan rings is 1. The van der Waals surface area contributed by atoms with Crippen molar-refractivity contribution in [3.63, 3.8) is 0 Å². The highest BCUT2D eigenvalue weighted by Gasteiger charge is 2.12. The highest BCUT2D eigenvalue weighted by molar-refractivity contribution is 6.31. The second-order valence-electron chi connectivity index (χ2n) is 4.56. The fourth-order valence-corrected chi connectivity index (χ4v) is 2.44. The number of aromatic nitrogens is 1. The quantitative estimate of drug-likeness (QED) is 0.749. The standard InChI is InChI=1S/C15H10ClNO4/c16-10-1-3-13-12(5-10)9(8-18)6-17(13)7-11-2-4-14(21-11)15(19)20/h1-6,8H,7H2,(H,19,20). The average molecular weight is 304 g/mol. The Balaban J connectivity index is 2.03. The Bertz CT molecular complexity index is 847. The van der Waals surface area contributed by atoms with Crippen LogP contribution in [0.25, 0.3) is 10.9 Å². The molecular formula is C15H10ClNO4. The largest absolute Gasteiger partial charge is 0.475 e. The monoisotopic (exact) mass is 303 g/mol. The number of halogens is 1. The van der Waals surface area contributed by atoms with E-state index in [9.17, 15) is 9.59 Å². The predicted molar refractivity (Wildman–Crippen MR) is 77.1 cm³/mol. The van der Waals surface area contributed by atoms with Crippen LogP contribution in [0.1, 0.15) is 26.7 Å². The minimum Gasteiger partial charge on any atom is -0.475 e. The Morgan fingerprint density at radius 2 is 2.14 bits per heavy atom. The first-order valence-electron chi connectivity index (χ1n) is 6.14. The predicted octanol–water partition coefficient (Wildman–Crippen LogP) is 3.45. The van der Waals surface area contributed by atoms with Crippen LogP contribution in [-0.4, -0.2) is 21.9 Å². The van der Waals surface area contributed by atoms with Crippen LogP contribution in [0.3, 0.4) is 0 Å². The number of carbonyl (C=O) groups excluding carboxylic acids is 1. The molecule has 0 aliphatic heterocycles. The van der Waals surface area contributed by atoms with Crippen molar-refractivity contribution < 1.29 is 19.1 Å². The maximum absolute atomic E-state index is 11.1. The van der Waals surface area contributed by atoms with Gasteiger partial charge in [-0.1, -0.05) is 11.6 Å². The average Bonchev–Trinajstić information content (AvgIpc) is 3.04. The van der Waals surface area contributed by atoms with Gasteiger partial charge >= 0.3 is 5.97 Å². The molecule has 0 fully saturated rings. The molecule has 0 amide bonds. The van der Waals surface area contributed by atoms with Crippen LogP contribution in [0.15, 0.2) is 40.9 Å². The van der Waals surface area contributed by atoms with E-state index >= 15 is 0 Å². The molecule has 0 saturated heterocycles. The third-order valence-corrected chi connectivity index (χ3v) is 3.43. The van der Waals surface area contributed by atoms with Gasteiger partial charge in [-0.2, -0.15) is 0 Å². The van der Waals surface area contributed by atoms with Crippen LogP contribution in [0.5, 0.6) is 0 Å². The summed E-state index contributed by atoms with van der Waals surface area (Å²) in [5.41, 5.74) is 1.35. The number of nitrogens with zero attached hydrogens (tertiary/aromatic N) is 1. The van der Waals surface area contributed by atoms with Gasteiger partial charge in [-0.15, -0.1) is 0 Å². The first kappa shape index (κ1) is 13.5. The topological polar surface area (TPSA) is 72.4 Å². The van der Waals surface area contributed by atoms with Gasteiger partial charge in [0.05, 0.1) is 6.54 Å². The molecule has 5 nitrogen and oxygen atoms in total. The van der Waals surface area contributed by atoms with Crippen molar-refractivity contribution in [3.05, 3.63) is 58.6 Å². The summed E-state index contributed by atoms with van der Waals surface area (Å²) in [5, 5.41) is 10.1. The van der Waals surface area contributed by atoms with E-state index in [0.717, 1.165) is 17.2 Å². The molecule has 0 spiro atoms. The second-order valence-corrected chi connectivity index (χ2v) is 5.00. The first-order chi connectivity index (χ1) is 10.1. The first-order valence-corrected chi connectivity index (χ1v) is 6.52. The number of benzene rings is 1. The third-order valence-electron chi connectivity index (χ3n) is 3.20. The van der Waals surface area contributed by atoms with E-state index in [1.807, 2.05) is 10.6 Å². The highest BCUT2D eigenvalue weighted by Crippen LogP contribution is 2.25. The number of carboxylic acid groups (broad SMARTS) is 1. The lowest BCUT2D eigenvalue weighted by Gasteiger charge is -2.02. The zero-order valence-corrected chi connectivity index (χ0v) is 11.5. The smallest absolute Gasteiger partial charge is 0.371 e. The van der Waals surface area contributed by atoms with Crippen molar-refractivity contribution in [3.8, 4) is 0 Å². The Morgan fingerprint density at radius 1 is 1.33 bits per heavy atom. The van der Waals surface area contributed by atoms with Crippen LogP contribution in [-0.2, 0) is 6.54 Å². The maximum atomic E-state index is 11.1. The molecule has 2 heterocycles. The SMILES string of the molecule is O=Cc1cn(Cc2ccc(C(=O)O)o2)c2ccc(Cl)cc12. The zero-order chi connectivity index (χ0) is 15.0. The summed E-state index contributed by atoms with van der Waals surface area (Å²) in [5.74, 6) is -0.726. The molecule has 106 valence electrons. The van der Waals surface area contributed by atoms with Gasteiger partial charge in [0, 0.05) is 27.7 Å². The zero-order valence-electron chi connectivity index (χ0n) is 10.7. The van der Waals surface area contributed by atoms with Crippen LogP contribution < -0.4 is 0 Å². The molecule has 6 heteroatoms. The van der Waals surface area contributed by atoms with Gasteiger partial charge in [-0.05, 0) is 30.3 Å². The molecule has 0 radical (unpaired) electrons. The number of rotatable bonds is 4. The maximum Gasteiger partial charge on any atom is 0.371 e. The van der Waals surface area contributed by atoms with Gasteiger partial charge in [-0.25, -0.2) is 4.79 Å². The number of aromatic carboxylic acids is 1. The van der Waals surface area contributed by atoms with Gasteiger partial charge < -0.3 is 14.1 Å². The van der Waals surface area contributed by atoms with E-state index < -0.39 is 5.97 Å². The van der Waals surface area contributed by atoms with E-state index in [1.165, 1.54) is 6.07 Å². The highest BCUT2D eigenvalue weighted by atomic mass is 35.5. The van der Waals surface area contributed by atoms with E-state index in [1.54, 1.807) is 24.4 Å². The molecule has 1 N–H and O–H groups in total. The van der Waals surface area contributed by atoms with Gasteiger partial charge in [0.1, 0.15) is 5.76 Å². The third kappa shape index (κ3) is 2.43. The summed E-state index contributed by atoms with van der Waals surface area (Å²) < 4.78 is 7.05. The fourth-order valence-electron chi connectivity index (χ4n) is 2.27. The van der Waals surface area contributed by atoms with E-state index in [-0.39, 0.29) is 5.76 Å².